The largest absolute Gasteiger partial charge is 0.351 e. The maximum absolute atomic E-state index is 12.3. The summed E-state index contributed by atoms with van der Waals surface area (Å²) in [4.78, 5) is 12.3. The van der Waals surface area contributed by atoms with Gasteiger partial charge in [-0.1, -0.05) is 6.92 Å². The summed E-state index contributed by atoms with van der Waals surface area (Å²) in [5, 5.41) is 3.18. The van der Waals surface area contributed by atoms with Crippen molar-refractivity contribution in [3.05, 3.63) is 23.5 Å². The summed E-state index contributed by atoms with van der Waals surface area (Å²) in [5.41, 5.74) is 2.53. The summed E-state index contributed by atoms with van der Waals surface area (Å²) in [6.07, 6.45) is 9.71. The normalized spacial score (nSPS) is 34.5. The minimum atomic E-state index is 0.119. The van der Waals surface area contributed by atoms with E-state index in [1.165, 1.54) is 37.8 Å². The van der Waals surface area contributed by atoms with Crippen LogP contribution in [0.2, 0.25) is 0 Å². The zero-order chi connectivity index (χ0) is 13.7. The molecule has 2 fully saturated rings. The number of amides is 1. The quantitative estimate of drug-likeness (QED) is 0.901. The Bertz CT molecular complexity index is 512. The summed E-state index contributed by atoms with van der Waals surface area (Å²) in [5.74, 6) is 2.06. The van der Waals surface area contributed by atoms with Crippen molar-refractivity contribution in [3.63, 3.8) is 0 Å². The molecule has 1 aromatic rings. The van der Waals surface area contributed by atoms with Crippen molar-refractivity contribution >= 4 is 5.91 Å². The minimum Gasteiger partial charge on any atom is -0.351 e. The fourth-order valence-corrected chi connectivity index (χ4v) is 4.39. The van der Waals surface area contributed by atoms with Gasteiger partial charge in [0.25, 0.3) is 5.91 Å². The van der Waals surface area contributed by atoms with Gasteiger partial charge in [-0.25, -0.2) is 0 Å². The van der Waals surface area contributed by atoms with Crippen LogP contribution in [0.5, 0.6) is 0 Å². The van der Waals surface area contributed by atoms with E-state index in [1.807, 2.05) is 6.20 Å². The first-order chi connectivity index (χ1) is 9.63. The van der Waals surface area contributed by atoms with Gasteiger partial charge in [0.05, 0.1) is 5.56 Å². The summed E-state index contributed by atoms with van der Waals surface area (Å²) >= 11 is 0. The monoisotopic (exact) mass is 272 g/mol. The van der Waals surface area contributed by atoms with Gasteiger partial charge in [-0.2, -0.15) is 0 Å². The number of hydrogen-bond donors (Lipinski definition) is 1. The molecule has 2 saturated carbocycles. The molecule has 2 heterocycles. The molecule has 1 aromatic heterocycles. The lowest BCUT2D eigenvalue weighted by molar-refractivity contribution is 0.0931. The van der Waals surface area contributed by atoms with Gasteiger partial charge in [0.1, 0.15) is 0 Å². The van der Waals surface area contributed by atoms with Crippen LogP contribution in [-0.2, 0) is 13.0 Å². The molecule has 0 bridgehead atoms. The molecule has 0 saturated heterocycles. The zero-order valence-corrected chi connectivity index (χ0v) is 12.3. The molecule has 0 radical (unpaired) electrons. The second kappa shape index (κ2) is 4.37. The van der Waals surface area contributed by atoms with Crippen LogP contribution in [0.25, 0.3) is 0 Å². The van der Waals surface area contributed by atoms with E-state index in [0.717, 1.165) is 36.9 Å². The van der Waals surface area contributed by atoms with Gasteiger partial charge in [-0.3, -0.25) is 4.79 Å². The number of carbonyl (C=O) groups excluding carboxylic acids is 1. The van der Waals surface area contributed by atoms with Gasteiger partial charge in [-0.15, -0.1) is 0 Å². The van der Waals surface area contributed by atoms with E-state index < -0.39 is 0 Å². The topological polar surface area (TPSA) is 34.0 Å². The molecular weight excluding hydrogens is 248 g/mol. The predicted octanol–water partition coefficient (Wildman–Crippen LogP) is 2.99. The Kier molecular flexibility index (Phi) is 2.73. The molecule has 2 aliphatic carbocycles. The van der Waals surface area contributed by atoms with Crippen LogP contribution >= 0.6 is 0 Å². The van der Waals surface area contributed by atoms with Crippen LogP contribution in [0.3, 0.4) is 0 Å². The third-order valence-corrected chi connectivity index (χ3v) is 5.58. The van der Waals surface area contributed by atoms with Crippen LogP contribution in [0.1, 0.15) is 55.1 Å². The highest BCUT2D eigenvalue weighted by molar-refractivity contribution is 5.94. The molecule has 2 atom stereocenters. The molecule has 1 N–H and O–H groups in total. The molecule has 3 nitrogen and oxygen atoms in total. The SMILES string of the molecule is CC1(CNC(=O)c2cc3n(c2)CCCC3)CC2CC2C1. The van der Waals surface area contributed by atoms with Crippen molar-refractivity contribution in [2.45, 2.75) is 52.0 Å². The van der Waals surface area contributed by atoms with Crippen LogP contribution in [0, 0.1) is 17.3 Å². The highest BCUT2D eigenvalue weighted by Crippen LogP contribution is 2.59. The number of nitrogens with one attached hydrogen (secondary N) is 1. The van der Waals surface area contributed by atoms with E-state index in [2.05, 4.69) is 22.9 Å². The van der Waals surface area contributed by atoms with E-state index in [4.69, 9.17) is 0 Å². The van der Waals surface area contributed by atoms with Crippen molar-refractivity contribution in [1.82, 2.24) is 9.88 Å². The Morgan fingerprint density at radius 1 is 1.40 bits per heavy atom. The lowest BCUT2D eigenvalue weighted by Gasteiger charge is -2.25. The van der Waals surface area contributed by atoms with Gasteiger partial charge in [-0.05, 0) is 61.8 Å². The Morgan fingerprint density at radius 2 is 2.20 bits per heavy atom. The number of carbonyl (C=O) groups is 1. The van der Waals surface area contributed by atoms with Crippen molar-refractivity contribution in [2.75, 3.05) is 6.54 Å². The van der Waals surface area contributed by atoms with Gasteiger partial charge in [0.2, 0.25) is 0 Å². The summed E-state index contributed by atoms with van der Waals surface area (Å²) < 4.78 is 2.25. The Morgan fingerprint density at radius 3 is 2.95 bits per heavy atom. The predicted molar refractivity (Wildman–Crippen MR) is 78.6 cm³/mol. The van der Waals surface area contributed by atoms with E-state index in [1.54, 1.807) is 0 Å². The lowest BCUT2D eigenvalue weighted by Crippen LogP contribution is -2.34. The molecule has 0 spiro atoms. The highest BCUT2D eigenvalue weighted by Gasteiger charge is 2.51. The van der Waals surface area contributed by atoms with Crippen molar-refractivity contribution in [1.29, 1.82) is 0 Å². The van der Waals surface area contributed by atoms with E-state index in [-0.39, 0.29) is 5.91 Å². The van der Waals surface area contributed by atoms with Crippen molar-refractivity contribution in [2.24, 2.45) is 17.3 Å². The number of aryl methyl sites for hydroxylation is 2. The third-order valence-electron chi connectivity index (χ3n) is 5.58. The first-order valence-electron chi connectivity index (χ1n) is 8.10. The standard InChI is InChI=1S/C17H24N2O/c1-17(8-12-6-13(12)9-17)11-18-16(20)14-7-15-4-2-3-5-19(15)10-14/h7,10,12-13H,2-6,8-9,11H2,1H3,(H,18,20). The van der Waals surface area contributed by atoms with Gasteiger partial charge in [0, 0.05) is 25.0 Å². The molecule has 0 aromatic carbocycles. The fourth-order valence-electron chi connectivity index (χ4n) is 4.39. The van der Waals surface area contributed by atoms with Gasteiger partial charge in [0.15, 0.2) is 0 Å². The molecule has 2 unspecified atom stereocenters. The molecule has 3 heteroatoms. The first-order valence-corrected chi connectivity index (χ1v) is 8.10. The molecule has 1 aliphatic heterocycles. The highest BCUT2D eigenvalue weighted by atomic mass is 16.1. The van der Waals surface area contributed by atoms with E-state index >= 15 is 0 Å². The average molecular weight is 272 g/mol. The van der Waals surface area contributed by atoms with Gasteiger partial charge < -0.3 is 9.88 Å². The molecule has 1 amide bonds. The van der Waals surface area contributed by atoms with Crippen LogP contribution in [0.4, 0.5) is 0 Å². The van der Waals surface area contributed by atoms with E-state index in [0.29, 0.717) is 5.41 Å². The Hall–Kier alpha value is -1.25. The lowest BCUT2D eigenvalue weighted by atomic mass is 9.85. The molecule has 3 aliphatic rings. The van der Waals surface area contributed by atoms with E-state index in [9.17, 15) is 4.79 Å². The maximum atomic E-state index is 12.3. The Labute approximate surface area is 120 Å². The second-order valence-electron chi connectivity index (χ2n) is 7.53. The minimum absolute atomic E-state index is 0.119. The smallest absolute Gasteiger partial charge is 0.252 e. The van der Waals surface area contributed by atoms with Crippen LogP contribution < -0.4 is 5.32 Å². The van der Waals surface area contributed by atoms with Gasteiger partial charge >= 0.3 is 0 Å². The van der Waals surface area contributed by atoms with Crippen LogP contribution in [0.15, 0.2) is 12.3 Å². The number of hydrogen-bond acceptors (Lipinski definition) is 1. The summed E-state index contributed by atoms with van der Waals surface area (Å²) in [6.45, 7) is 4.26. The maximum Gasteiger partial charge on any atom is 0.252 e. The number of fused-ring (bicyclic) bond motifs is 2. The zero-order valence-electron chi connectivity index (χ0n) is 12.3. The summed E-state index contributed by atoms with van der Waals surface area (Å²) in [6, 6.07) is 2.09. The summed E-state index contributed by atoms with van der Waals surface area (Å²) in [7, 11) is 0. The fraction of sp³-hybridized carbons (Fsp3) is 0.706. The molecule has 4 rings (SSSR count). The third kappa shape index (κ3) is 2.17. The molecule has 20 heavy (non-hydrogen) atoms. The number of aromatic nitrogens is 1. The van der Waals surface area contributed by atoms with Crippen molar-refractivity contribution < 1.29 is 4.79 Å². The molecule has 108 valence electrons. The average Bonchev–Trinajstić information content (AvgIpc) is 2.90. The number of rotatable bonds is 3. The molecular formula is C17H24N2O. The van der Waals surface area contributed by atoms with Crippen molar-refractivity contribution in [3.8, 4) is 0 Å². The number of nitrogens with zero attached hydrogens (tertiary/aromatic N) is 1. The second-order valence-corrected chi connectivity index (χ2v) is 7.53. The first kappa shape index (κ1) is 12.5. The van der Waals surface area contributed by atoms with Crippen LogP contribution in [-0.4, -0.2) is 17.0 Å². The Balaban J connectivity index is 1.39.